The number of aromatic nitrogens is 1. The lowest BCUT2D eigenvalue weighted by atomic mass is 9.88. The van der Waals surface area contributed by atoms with Crippen molar-refractivity contribution >= 4 is 27.6 Å². The van der Waals surface area contributed by atoms with Crippen LogP contribution in [0.5, 0.6) is 11.5 Å². The number of aliphatic hydroxyl groups excluding tert-OH is 1. The Bertz CT molecular complexity index is 1760. The monoisotopic (exact) mass is 532 g/mol. The molecule has 1 atom stereocenters. The number of hydrogen-bond acceptors (Lipinski definition) is 4. The van der Waals surface area contributed by atoms with E-state index in [0.717, 1.165) is 38.6 Å². The molecule has 4 N–H and O–H groups in total. The summed E-state index contributed by atoms with van der Waals surface area (Å²) in [6, 6.07) is 23.5. The number of methoxy groups -OCH3 is 1. The number of H-pyrrole nitrogens is 1. The van der Waals surface area contributed by atoms with Gasteiger partial charge in [-0.1, -0.05) is 42.2 Å². The van der Waals surface area contributed by atoms with Crippen molar-refractivity contribution in [2.75, 3.05) is 13.7 Å². The molecular weight excluding hydrogens is 500 g/mol. The number of primary amides is 1. The third-order valence-electron chi connectivity index (χ3n) is 6.94. The maximum Gasteiger partial charge on any atom is 0.252 e. The van der Waals surface area contributed by atoms with Gasteiger partial charge in [0.1, 0.15) is 11.5 Å². The van der Waals surface area contributed by atoms with E-state index in [2.05, 4.69) is 22.9 Å². The average Bonchev–Trinajstić information content (AvgIpc) is 3.37. The summed E-state index contributed by atoms with van der Waals surface area (Å²) in [5, 5.41) is 13.7. The van der Waals surface area contributed by atoms with E-state index in [-0.39, 0.29) is 24.2 Å². The van der Waals surface area contributed by atoms with E-state index in [1.54, 1.807) is 13.2 Å². The summed E-state index contributed by atoms with van der Waals surface area (Å²) in [6.45, 7) is 3.65. The molecule has 0 aliphatic carbocycles. The van der Waals surface area contributed by atoms with Gasteiger partial charge in [0, 0.05) is 39.7 Å². The zero-order valence-corrected chi connectivity index (χ0v) is 22.8. The van der Waals surface area contributed by atoms with Gasteiger partial charge in [0.15, 0.2) is 0 Å². The molecule has 0 fully saturated rings. The van der Waals surface area contributed by atoms with Crippen molar-refractivity contribution in [2.45, 2.75) is 32.3 Å². The number of carbonyl (C=O) groups excluding carboxylic acids is 1. The van der Waals surface area contributed by atoms with Gasteiger partial charge in [-0.25, -0.2) is 0 Å². The summed E-state index contributed by atoms with van der Waals surface area (Å²) in [7, 11) is 1.65. The van der Waals surface area contributed by atoms with Crippen LogP contribution < -0.4 is 15.2 Å². The Morgan fingerprint density at radius 3 is 2.48 bits per heavy atom. The number of rotatable bonds is 8. The molecule has 0 aliphatic rings. The van der Waals surface area contributed by atoms with E-state index >= 15 is 0 Å². The van der Waals surface area contributed by atoms with Gasteiger partial charge in [-0.2, -0.15) is 0 Å². The van der Waals surface area contributed by atoms with Gasteiger partial charge in [-0.05, 0) is 79.1 Å². The van der Waals surface area contributed by atoms with Crippen LogP contribution in [0.1, 0.15) is 52.4 Å². The second-order valence-electron chi connectivity index (χ2n) is 10.1. The molecular formula is C34H32N2O4. The van der Waals surface area contributed by atoms with Gasteiger partial charge < -0.3 is 25.3 Å². The maximum atomic E-state index is 12.6. The summed E-state index contributed by atoms with van der Waals surface area (Å²) in [6.07, 6.45) is 2.31. The summed E-state index contributed by atoms with van der Waals surface area (Å²) >= 11 is 0. The number of ether oxygens (including phenoxy) is 2. The first kappa shape index (κ1) is 26.9. The van der Waals surface area contributed by atoms with E-state index in [1.165, 1.54) is 0 Å². The lowest BCUT2D eigenvalue weighted by Gasteiger charge is -2.23. The third kappa shape index (κ3) is 5.66. The highest BCUT2D eigenvalue weighted by atomic mass is 16.5. The number of carbonyl (C=O) groups is 1. The van der Waals surface area contributed by atoms with Crippen LogP contribution in [0, 0.1) is 11.8 Å². The van der Waals surface area contributed by atoms with Gasteiger partial charge in [-0.3, -0.25) is 4.79 Å². The minimum Gasteiger partial charge on any atom is -0.497 e. The number of aromatic amines is 1. The first-order valence-electron chi connectivity index (χ1n) is 13.3. The number of aliphatic hydroxyl groups is 1. The van der Waals surface area contributed by atoms with Gasteiger partial charge >= 0.3 is 0 Å². The third-order valence-corrected chi connectivity index (χ3v) is 6.94. The Morgan fingerprint density at radius 1 is 0.975 bits per heavy atom. The second-order valence-corrected chi connectivity index (χ2v) is 10.1. The highest BCUT2D eigenvalue weighted by Crippen LogP contribution is 2.36. The molecule has 6 nitrogen and oxygen atoms in total. The van der Waals surface area contributed by atoms with Gasteiger partial charge in [0.05, 0.1) is 25.4 Å². The first-order chi connectivity index (χ1) is 19.4. The quantitative estimate of drug-likeness (QED) is 0.216. The summed E-state index contributed by atoms with van der Waals surface area (Å²) < 4.78 is 11.5. The topological polar surface area (TPSA) is 97.6 Å². The molecule has 1 aromatic heterocycles. The molecule has 0 unspecified atom stereocenters. The van der Waals surface area contributed by atoms with Crippen LogP contribution >= 0.6 is 0 Å². The Balaban J connectivity index is 1.57. The fourth-order valence-corrected chi connectivity index (χ4v) is 4.99. The van der Waals surface area contributed by atoms with Crippen molar-refractivity contribution in [2.24, 2.45) is 5.73 Å². The minimum absolute atomic E-state index is 0.142. The molecule has 0 saturated carbocycles. The molecule has 0 saturated heterocycles. The SMILES string of the molecule is COc1ccc2cc(C#Cc3cc(C(N)=O)c(OC(C)C)c([C@H](CO)Cc4c[nH]c5ccccc45)c3)ccc2c1. The average molecular weight is 533 g/mol. The minimum atomic E-state index is -0.607. The van der Waals surface area contributed by atoms with E-state index in [9.17, 15) is 9.90 Å². The van der Waals surface area contributed by atoms with Crippen molar-refractivity contribution in [3.63, 3.8) is 0 Å². The lowest BCUT2D eigenvalue weighted by molar-refractivity contribution is 0.0994. The Kier molecular flexibility index (Phi) is 7.77. The fraction of sp³-hybridized carbons (Fsp3) is 0.206. The number of nitrogens with two attached hydrogens (primary N) is 1. The molecule has 5 aromatic rings. The smallest absolute Gasteiger partial charge is 0.252 e. The van der Waals surface area contributed by atoms with Crippen LogP contribution in [0.3, 0.4) is 0 Å². The first-order valence-corrected chi connectivity index (χ1v) is 13.3. The highest BCUT2D eigenvalue weighted by Gasteiger charge is 2.24. The van der Waals surface area contributed by atoms with Crippen LogP contribution in [-0.2, 0) is 6.42 Å². The summed E-state index contributed by atoms with van der Waals surface area (Å²) in [4.78, 5) is 15.9. The van der Waals surface area contributed by atoms with Gasteiger partial charge in [0.2, 0.25) is 0 Å². The Hall–Kier alpha value is -4.73. The molecule has 0 radical (unpaired) electrons. The zero-order valence-electron chi connectivity index (χ0n) is 22.8. The fourth-order valence-electron chi connectivity index (χ4n) is 4.99. The maximum absolute atomic E-state index is 12.6. The standard InChI is InChI=1S/C34H32N2O4/c1-21(2)40-33-30(27(20-37)17-26-19-36-32-7-5-4-6-29(26)32)15-23(16-31(33)34(35)38)9-8-22-10-11-25-18-28(39-3)13-12-24(25)14-22/h4-7,10-16,18-19,21,27,36-37H,17,20H2,1-3H3,(H2,35,38)/t27-/m0/s1. The second kappa shape index (κ2) is 11.6. The molecule has 1 heterocycles. The van der Waals surface area contributed by atoms with Gasteiger partial charge in [0.25, 0.3) is 5.91 Å². The number of fused-ring (bicyclic) bond motifs is 2. The number of para-hydroxylation sites is 1. The van der Waals surface area contributed by atoms with Crippen LogP contribution in [0.2, 0.25) is 0 Å². The van der Waals surface area contributed by atoms with Crippen molar-refractivity contribution in [1.82, 2.24) is 4.98 Å². The molecule has 0 aliphatic heterocycles. The predicted molar refractivity (Wildman–Crippen MR) is 159 cm³/mol. The normalized spacial score (nSPS) is 11.8. The van der Waals surface area contributed by atoms with Crippen molar-refractivity contribution in [3.8, 4) is 23.3 Å². The Morgan fingerprint density at radius 2 is 1.73 bits per heavy atom. The largest absolute Gasteiger partial charge is 0.497 e. The van der Waals surface area contributed by atoms with Crippen molar-refractivity contribution < 1.29 is 19.4 Å². The molecule has 0 bridgehead atoms. The molecule has 0 spiro atoms. The van der Waals surface area contributed by atoms with E-state index < -0.39 is 5.91 Å². The molecule has 202 valence electrons. The molecule has 1 amide bonds. The zero-order chi connectivity index (χ0) is 28.2. The van der Waals surface area contributed by atoms with Crippen LogP contribution in [-0.4, -0.2) is 35.8 Å². The van der Waals surface area contributed by atoms with Crippen molar-refractivity contribution in [1.29, 1.82) is 0 Å². The number of benzene rings is 4. The lowest BCUT2D eigenvalue weighted by Crippen LogP contribution is -2.19. The number of nitrogens with one attached hydrogen (secondary N) is 1. The molecule has 5 rings (SSSR count). The summed E-state index contributed by atoms with van der Waals surface area (Å²) in [5.41, 5.74) is 10.3. The van der Waals surface area contributed by atoms with Crippen LogP contribution in [0.15, 0.2) is 79.0 Å². The van der Waals surface area contributed by atoms with Crippen LogP contribution in [0.4, 0.5) is 0 Å². The van der Waals surface area contributed by atoms with Crippen molar-refractivity contribution in [3.05, 3.63) is 107 Å². The highest BCUT2D eigenvalue weighted by molar-refractivity contribution is 5.97. The van der Waals surface area contributed by atoms with Crippen LogP contribution in [0.25, 0.3) is 21.7 Å². The molecule has 4 aromatic carbocycles. The van der Waals surface area contributed by atoms with E-state index in [4.69, 9.17) is 15.2 Å². The summed E-state index contributed by atoms with van der Waals surface area (Å²) in [5.74, 6) is 6.67. The van der Waals surface area contributed by atoms with E-state index in [1.807, 2.05) is 80.7 Å². The molecule has 6 heteroatoms. The number of hydrogen-bond donors (Lipinski definition) is 3. The molecule has 40 heavy (non-hydrogen) atoms. The van der Waals surface area contributed by atoms with Gasteiger partial charge in [-0.15, -0.1) is 0 Å². The number of amides is 1. The Labute approximate surface area is 233 Å². The van der Waals surface area contributed by atoms with E-state index in [0.29, 0.717) is 23.3 Å². The predicted octanol–water partition coefficient (Wildman–Crippen LogP) is 5.93.